The van der Waals surface area contributed by atoms with Crippen LogP contribution in [0.3, 0.4) is 0 Å². The first-order chi connectivity index (χ1) is 17.5. The minimum absolute atomic E-state index is 0.0442. The zero-order valence-electron chi connectivity index (χ0n) is 22.0. The Labute approximate surface area is 220 Å². The predicted molar refractivity (Wildman–Crippen MR) is 147 cm³/mol. The summed E-state index contributed by atoms with van der Waals surface area (Å²) >= 11 is 0. The average Bonchev–Trinajstić information content (AvgIpc) is 2.85. The molecule has 0 amide bonds. The first-order valence-electron chi connectivity index (χ1n) is 13.1. The van der Waals surface area contributed by atoms with E-state index in [1.54, 1.807) is 0 Å². The fourth-order valence-electron chi connectivity index (χ4n) is 5.57. The highest BCUT2D eigenvalue weighted by Gasteiger charge is 2.41. The fourth-order valence-corrected chi connectivity index (χ4v) is 7.07. The summed E-state index contributed by atoms with van der Waals surface area (Å²) in [6.07, 6.45) is 4.19. The molecule has 1 fully saturated rings. The number of nitrogens with zero attached hydrogens (tertiary/aromatic N) is 1. The maximum Gasteiger partial charge on any atom is 0.158 e. The number of aryl methyl sites for hydroxylation is 1. The molecule has 0 aliphatic carbocycles. The van der Waals surface area contributed by atoms with Gasteiger partial charge in [0.15, 0.2) is 9.84 Å². The van der Waals surface area contributed by atoms with E-state index in [-0.39, 0.29) is 28.5 Å². The maximum absolute atomic E-state index is 13.1. The van der Waals surface area contributed by atoms with Gasteiger partial charge >= 0.3 is 0 Å². The first-order valence-corrected chi connectivity index (χ1v) is 14.9. The van der Waals surface area contributed by atoms with Crippen LogP contribution in [-0.4, -0.2) is 37.5 Å². The number of rotatable bonds is 5. The minimum Gasteiger partial charge on any atom is -0.487 e. The molecule has 6 heteroatoms. The number of piperidine rings is 1. The van der Waals surface area contributed by atoms with Crippen molar-refractivity contribution in [1.29, 1.82) is 0 Å². The molecule has 1 saturated heterocycles. The zero-order chi connectivity index (χ0) is 26.3. The molecule has 0 radical (unpaired) electrons. The quantitative estimate of drug-likeness (QED) is 0.381. The number of sulfone groups is 1. The van der Waals surface area contributed by atoms with Gasteiger partial charge in [0.05, 0.1) is 11.5 Å². The Morgan fingerprint density at radius 2 is 1.41 bits per heavy atom. The molecule has 0 bridgehead atoms. The molecule has 3 aromatic rings. The first kappa shape index (κ1) is 25.9. The lowest BCUT2D eigenvalue weighted by Gasteiger charge is -2.48. The summed E-state index contributed by atoms with van der Waals surface area (Å²) < 4.78 is 45.0. The number of benzene rings is 3. The molecule has 2 aliphatic heterocycles. The molecule has 2 heterocycles. The average molecular weight is 522 g/mol. The molecule has 0 atom stereocenters. The van der Waals surface area contributed by atoms with Gasteiger partial charge in [-0.2, -0.15) is 0 Å². The van der Waals surface area contributed by atoms with Gasteiger partial charge in [-0.1, -0.05) is 42.5 Å². The van der Waals surface area contributed by atoms with Crippen molar-refractivity contribution in [1.82, 2.24) is 4.90 Å². The van der Waals surface area contributed by atoms with E-state index in [9.17, 15) is 12.8 Å². The van der Waals surface area contributed by atoms with Crippen LogP contribution >= 0.6 is 0 Å². The van der Waals surface area contributed by atoms with E-state index in [0.717, 1.165) is 61.2 Å². The van der Waals surface area contributed by atoms with Gasteiger partial charge in [-0.3, -0.25) is 4.90 Å². The molecule has 196 valence electrons. The second kappa shape index (κ2) is 9.88. The summed E-state index contributed by atoms with van der Waals surface area (Å²) in [7, 11) is -3.36. The largest absolute Gasteiger partial charge is 0.487 e. The molecule has 0 aromatic heterocycles. The lowest BCUT2D eigenvalue weighted by Crippen LogP contribution is -2.54. The maximum atomic E-state index is 13.1. The number of hydrogen-bond acceptors (Lipinski definition) is 4. The highest BCUT2D eigenvalue weighted by atomic mass is 32.2. The number of ether oxygens (including phenoxy) is 1. The van der Waals surface area contributed by atoms with Crippen molar-refractivity contribution in [3.05, 3.63) is 89.2 Å². The van der Waals surface area contributed by atoms with Gasteiger partial charge < -0.3 is 4.74 Å². The van der Waals surface area contributed by atoms with E-state index in [0.29, 0.717) is 5.56 Å². The van der Waals surface area contributed by atoms with Crippen LogP contribution in [0.2, 0.25) is 0 Å². The van der Waals surface area contributed by atoms with Gasteiger partial charge in [-0.05, 0) is 98.5 Å². The Kier molecular flexibility index (Phi) is 6.92. The summed E-state index contributed by atoms with van der Waals surface area (Å²) in [5, 5.41) is 0. The number of likely N-dealkylation sites (tertiary alicyclic amines) is 1. The van der Waals surface area contributed by atoms with Crippen molar-refractivity contribution in [2.75, 3.05) is 13.1 Å². The molecule has 2 aliphatic rings. The van der Waals surface area contributed by atoms with Crippen molar-refractivity contribution in [3.8, 4) is 16.9 Å². The van der Waals surface area contributed by atoms with E-state index < -0.39 is 9.84 Å². The molecule has 5 rings (SSSR count). The third kappa shape index (κ3) is 6.07. The predicted octanol–water partition coefficient (Wildman–Crippen LogP) is 6.57. The third-order valence-corrected chi connectivity index (χ3v) is 9.38. The second-order valence-corrected chi connectivity index (χ2v) is 13.7. The molecule has 37 heavy (non-hydrogen) atoms. The van der Waals surface area contributed by atoms with E-state index in [1.807, 2.05) is 24.3 Å². The van der Waals surface area contributed by atoms with E-state index >= 15 is 0 Å². The van der Waals surface area contributed by atoms with Crippen molar-refractivity contribution in [2.45, 2.75) is 69.1 Å². The van der Waals surface area contributed by atoms with Crippen LogP contribution in [-0.2, 0) is 27.8 Å². The van der Waals surface area contributed by atoms with Crippen molar-refractivity contribution < 1.29 is 17.5 Å². The Morgan fingerprint density at radius 1 is 0.838 bits per heavy atom. The van der Waals surface area contributed by atoms with Crippen LogP contribution < -0.4 is 4.74 Å². The van der Waals surface area contributed by atoms with E-state index in [2.05, 4.69) is 43.9 Å². The summed E-state index contributed by atoms with van der Waals surface area (Å²) in [6, 6.07) is 19.8. The Hall–Kier alpha value is -2.70. The van der Waals surface area contributed by atoms with Crippen LogP contribution in [0.5, 0.6) is 5.75 Å². The van der Waals surface area contributed by atoms with Gasteiger partial charge in [0, 0.05) is 18.6 Å². The lowest BCUT2D eigenvalue weighted by atomic mass is 9.81. The zero-order valence-corrected chi connectivity index (χ0v) is 22.8. The monoisotopic (exact) mass is 521 g/mol. The lowest BCUT2D eigenvalue weighted by molar-refractivity contribution is -0.0355. The summed E-state index contributed by atoms with van der Waals surface area (Å²) in [5.74, 6) is 0.488. The van der Waals surface area contributed by atoms with E-state index in [4.69, 9.17) is 4.74 Å². The second-order valence-electron chi connectivity index (χ2n) is 11.6. The normalized spacial score (nSPS) is 17.8. The number of hydrogen-bond donors (Lipinski definition) is 0. The highest BCUT2D eigenvalue weighted by Crippen LogP contribution is 2.41. The standard InChI is InChI=1S/C31H36FNO3S/c1-30(2,3)33-18-16-31(17-19-33)15-14-27-20-26(10-13-29(27)36-31)25-8-4-23(5-9-25)21-37(34,35)22-24-6-11-28(32)12-7-24/h4-13,20H,14-19,21-22H2,1-3H3. The van der Waals surface area contributed by atoms with Crippen LogP contribution in [0.4, 0.5) is 4.39 Å². The summed E-state index contributed by atoms with van der Waals surface area (Å²) in [6.45, 7) is 8.99. The summed E-state index contributed by atoms with van der Waals surface area (Å²) in [4.78, 5) is 2.55. The topological polar surface area (TPSA) is 46.6 Å². The number of halogens is 1. The molecular formula is C31H36FNO3S. The molecule has 0 unspecified atom stereocenters. The number of fused-ring (bicyclic) bond motifs is 1. The van der Waals surface area contributed by atoms with Crippen LogP contribution in [0.25, 0.3) is 11.1 Å². The Balaban J connectivity index is 1.24. The van der Waals surface area contributed by atoms with Crippen LogP contribution in [0.1, 0.15) is 56.7 Å². The molecule has 0 N–H and O–H groups in total. The fraction of sp³-hybridized carbons (Fsp3) is 0.419. The van der Waals surface area contributed by atoms with Crippen LogP contribution in [0, 0.1) is 5.82 Å². The SMILES string of the molecule is CC(C)(C)N1CCC2(CCc3cc(-c4ccc(CS(=O)(=O)Cc5ccc(F)cc5)cc4)ccc3O2)CC1. The molecule has 4 nitrogen and oxygen atoms in total. The smallest absolute Gasteiger partial charge is 0.158 e. The van der Waals surface area contributed by atoms with Crippen molar-refractivity contribution in [2.24, 2.45) is 0 Å². The van der Waals surface area contributed by atoms with Gasteiger partial charge in [-0.15, -0.1) is 0 Å². The van der Waals surface area contributed by atoms with Crippen molar-refractivity contribution >= 4 is 9.84 Å². The third-order valence-electron chi connectivity index (χ3n) is 7.83. The highest BCUT2D eigenvalue weighted by molar-refractivity contribution is 7.89. The minimum atomic E-state index is -3.36. The van der Waals surface area contributed by atoms with Gasteiger partial charge in [0.25, 0.3) is 0 Å². The van der Waals surface area contributed by atoms with Gasteiger partial charge in [-0.25, -0.2) is 12.8 Å². The Morgan fingerprint density at radius 3 is 2.00 bits per heavy atom. The van der Waals surface area contributed by atoms with Crippen molar-refractivity contribution in [3.63, 3.8) is 0 Å². The molecule has 3 aromatic carbocycles. The molecule has 1 spiro atoms. The Bertz CT molecular complexity index is 1350. The van der Waals surface area contributed by atoms with Gasteiger partial charge in [0.2, 0.25) is 0 Å². The van der Waals surface area contributed by atoms with E-state index in [1.165, 1.54) is 29.8 Å². The van der Waals surface area contributed by atoms with Gasteiger partial charge in [0.1, 0.15) is 17.2 Å². The molecule has 0 saturated carbocycles. The van der Waals surface area contributed by atoms with Crippen LogP contribution in [0.15, 0.2) is 66.7 Å². The molecular weight excluding hydrogens is 485 g/mol. The summed E-state index contributed by atoms with van der Waals surface area (Å²) in [5.41, 5.74) is 4.91.